The molecule has 0 fully saturated rings. The Balaban J connectivity index is 2.02. The molecule has 0 spiro atoms. The van der Waals surface area contributed by atoms with Gasteiger partial charge in [0.25, 0.3) is 0 Å². The van der Waals surface area contributed by atoms with Gasteiger partial charge in [-0.1, -0.05) is 49.5 Å². The van der Waals surface area contributed by atoms with Crippen LogP contribution in [0.5, 0.6) is 0 Å². The molecule has 0 aromatic heterocycles. The number of benzene rings is 2. The molecule has 0 aliphatic heterocycles. The monoisotopic (exact) mass is 310 g/mol. The fraction of sp³-hybridized carbons (Fsp3) is 0.300. The first-order valence-electron chi connectivity index (χ1n) is 7.65. The number of aliphatic hydroxyl groups is 1. The van der Waals surface area contributed by atoms with Gasteiger partial charge in [0.2, 0.25) is 0 Å². The van der Waals surface area contributed by atoms with Crippen molar-refractivity contribution in [3.8, 4) is 11.8 Å². The van der Waals surface area contributed by atoms with E-state index >= 15 is 0 Å². The first-order chi connectivity index (χ1) is 10.7. The van der Waals surface area contributed by atoms with Gasteiger partial charge in [0.15, 0.2) is 0 Å². The second-order valence-electron chi connectivity index (χ2n) is 5.25. The van der Waals surface area contributed by atoms with E-state index in [1.54, 1.807) is 11.8 Å². The standard InChI is InChI=1S/C20H22OS/c1-3-4-5-16-6-11-18(12-7-16)20(21)15-10-17-8-13-19(22-2)14-9-17/h6-9,11-14,20-21H,3-5H2,1-2H3. The van der Waals surface area contributed by atoms with Gasteiger partial charge in [-0.25, -0.2) is 0 Å². The van der Waals surface area contributed by atoms with E-state index < -0.39 is 6.10 Å². The lowest BCUT2D eigenvalue weighted by Gasteiger charge is -2.05. The summed E-state index contributed by atoms with van der Waals surface area (Å²) in [6, 6.07) is 16.2. The third kappa shape index (κ3) is 4.94. The van der Waals surface area contributed by atoms with Gasteiger partial charge in [0, 0.05) is 10.5 Å². The van der Waals surface area contributed by atoms with Crippen molar-refractivity contribution in [1.82, 2.24) is 0 Å². The lowest BCUT2D eigenvalue weighted by molar-refractivity contribution is 0.238. The molecule has 1 nitrogen and oxygen atoms in total. The predicted molar refractivity (Wildman–Crippen MR) is 95.1 cm³/mol. The third-order valence-electron chi connectivity index (χ3n) is 3.56. The minimum atomic E-state index is -0.736. The highest BCUT2D eigenvalue weighted by molar-refractivity contribution is 7.98. The van der Waals surface area contributed by atoms with Crippen LogP contribution in [0.15, 0.2) is 53.4 Å². The summed E-state index contributed by atoms with van der Waals surface area (Å²) in [7, 11) is 0. The van der Waals surface area contributed by atoms with Crippen molar-refractivity contribution in [2.45, 2.75) is 37.2 Å². The van der Waals surface area contributed by atoms with Crippen LogP contribution in [0.25, 0.3) is 0 Å². The van der Waals surface area contributed by atoms with Crippen LogP contribution in [0.1, 0.15) is 42.6 Å². The maximum absolute atomic E-state index is 10.2. The second kappa shape index (κ2) is 8.68. The van der Waals surface area contributed by atoms with E-state index in [1.807, 2.05) is 36.4 Å². The molecule has 22 heavy (non-hydrogen) atoms. The average Bonchev–Trinajstić information content (AvgIpc) is 2.58. The molecule has 0 aliphatic rings. The van der Waals surface area contributed by atoms with Crippen molar-refractivity contribution in [2.75, 3.05) is 6.26 Å². The zero-order valence-corrected chi connectivity index (χ0v) is 14.0. The number of unbranched alkanes of at least 4 members (excludes halogenated alkanes) is 1. The highest BCUT2D eigenvalue weighted by Crippen LogP contribution is 2.16. The molecular weight excluding hydrogens is 288 g/mol. The highest BCUT2D eigenvalue weighted by atomic mass is 32.2. The van der Waals surface area contributed by atoms with Gasteiger partial charge in [0.05, 0.1) is 0 Å². The zero-order valence-electron chi connectivity index (χ0n) is 13.2. The predicted octanol–water partition coefficient (Wildman–Crippen LogP) is 4.84. The smallest absolute Gasteiger partial charge is 0.140 e. The van der Waals surface area contributed by atoms with Crippen molar-refractivity contribution in [3.05, 3.63) is 65.2 Å². The topological polar surface area (TPSA) is 20.2 Å². The van der Waals surface area contributed by atoms with Crippen LogP contribution in [0.3, 0.4) is 0 Å². The number of hydrogen-bond acceptors (Lipinski definition) is 2. The molecule has 0 saturated heterocycles. The fourth-order valence-electron chi connectivity index (χ4n) is 2.16. The summed E-state index contributed by atoms with van der Waals surface area (Å²) in [5.74, 6) is 5.95. The summed E-state index contributed by atoms with van der Waals surface area (Å²) in [6.45, 7) is 2.19. The summed E-state index contributed by atoms with van der Waals surface area (Å²) >= 11 is 1.71. The summed E-state index contributed by atoms with van der Waals surface area (Å²) < 4.78 is 0. The van der Waals surface area contributed by atoms with Crippen molar-refractivity contribution in [1.29, 1.82) is 0 Å². The van der Waals surface area contributed by atoms with Gasteiger partial charge in [0.1, 0.15) is 6.10 Å². The minimum absolute atomic E-state index is 0.736. The SMILES string of the molecule is CCCCc1ccc(C(O)C#Cc2ccc(SC)cc2)cc1. The highest BCUT2D eigenvalue weighted by Gasteiger charge is 2.03. The van der Waals surface area contributed by atoms with Gasteiger partial charge in [-0.2, -0.15) is 0 Å². The number of aliphatic hydroxyl groups excluding tert-OH is 1. The van der Waals surface area contributed by atoms with Gasteiger partial charge >= 0.3 is 0 Å². The van der Waals surface area contributed by atoms with E-state index in [1.165, 1.54) is 23.3 Å². The molecule has 0 saturated carbocycles. The Bertz CT molecular complexity index is 632. The summed E-state index contributed by atoms with van der Waals surface area (Å²) in [6.07, 6.45) is 4.81. The molecule has 0 bridgehead atoms. The van der Waals surface area contributed by atoms with Crippen molar-refractivity contribution >= 4 is 11.8 Å². The lowest BCUT2D eigenvalue weighted by atomic mass is 10.0. The molecule has 2 aromatic rings. The first kappa shape index (κ1) is 16.7. The molecular formula is C20H22OS. The number of aryl methyl sites for hydroxylation is 1. The molecule has 1 atom stereocenters. The van der Waals surface area contributed by atoms with E-state index in [4.69, 9.17) is 0 Å². The zero-order chi connectivity index (χ0) is 15.8. The summed E-state index contributed by atoms with van der Waals surface area (Å²) in [5.41, 5.74) is 3.10. The molecule has 0 radical (unpaired) electrons. The minimum Gasteiger partial charge on any atom is -0.376 e. The Morgan fingerprint density at radius 2 is 1.73 bits per heavy atom. The average molecular weight is 310 g/mol. The summed E-state index contributed by atoms with van der Waals surface area (Å²) in [5, 5.41) is 10.2. The number of thioether (sulfide) groups is 1. The van der Waals surface area contributed by atoms with Crippen molar-refractivity contribution < 1.29 is 5.11 Å². The van der Waals surface area contributed by atoms with E-state index in [2.05, 4.69) is 37.2 Å². The van der Waals surface area contributed by atoms with E-state index in [-0.39, 0.29) is 0 Å². The lowest BCUT2D eigenvalue weighted by Crippen LogP contribution is -1.94. The van der Waals surface area contributed by atoms with Crippen LogP contribution in [0.4, 0.5) is 0 Å². The maximum atomic E-state index is 10.2. The fourth-order valence-corrected chi connectivity index (χ4v) is 2.57. The Morgan fingerprint density at radius 3 is 2.32 bits per heavy atom. The van der Waals surface area contributed by atoms with Crippen LogP contribution in [0, 0.1) is 11.8 Å². The van der Waals surface area contributed by atoms with Crippen molar-refractivity contribution in [2.24, 2.45) is 0 Å². The second-order valence-corrected chi connectivity index (χ2v) is 6.13. The van der Waals surface area contributed by atoms with Gasteiger partial charge in [-0.05, 0) is 54.5 Å². The molecule has 114 valence electrons. The van der Waals surface area contributed by atoms with E-state index in [9.17, 15) is 5.11 Å². The molecule has 0 amide bonds. The summed E-state index contributed by atoms with van der Waals surface area (Å²) in [4.78, 5) is 1.22. The number of rotatable bonds is 5. The first-order valence-corrected chi connectivity index (χ1v) is 8.88. The Kier molecular flexibility index (Phi) is 6.58. The largest absolute Gasteiger partial charge is 0.376 e. The van der Waals surface area contributed by atoms with Crippen LogP contribution < -0.4 is 0 Å². The van der Waals surface area contributed by atoms with Gasteiger partial charge in [-0.15, -0.1) is 11.8 Å². The molecule has 0 heterocycles. The van der Waals surface area contributed by atoms with Gasteiger partial charge < -0.3 is 5.11 Å². The molecule has 2 aromatic carbocycles. The van der Waals surface area contributed by atoms with Crippen molar-refractivity contribution in [3.63, 3.8) is 0 Å². The Labute approximate surface area is 137 Å². The molecule has 2 heteroatoms. The molecule has 1 unspecified atom stereocenters. The van der Waals surface area contributed by atoms with Crippen LogP contribution >= 0.6 is 11.8 Å². The third-order valence-corrected chi connectivity index (χ3v) is 4.30. The number of hydrogen-bond donors (Lipinski definition) is 1. The molecule has 2 rings (SSSR count). The Hall–Kier alpha value is -1.69. The molecule has 1 N–H and O–H groups in total. The van der Waals surface area contributed by atoms with Gasteiger partial charge in [-0.3, -0.25) is 0 Å². The van der Waals surface area contributed by atoms with Crippen LogP contribution in [-0.4, -0.2) is 11.4 Å². The quantitative estimate of drug-likeness (QED) is 0.630. The van der Waals surface area contributed by atoms with Crippen LogP contribution in [-0.2, 0) is 6.42 Å². The van der Waals surface area contributed by atoms with E-state index in [0.717, 1.165) is 17.5 Å². The van der Waals surface area contributed by atoms with E-state index in [0.29, 0.717) is 0 Å². The van der Waals surface area contributed by atoms with Crippen LogP contribution in [0.2, 0.25) is 0 Å². The molecule has 0 aliphatic carbocycles. The normalized spacial score (nSPS) is 11.6. The Morgan fingerprint density at radius 1 is 1.05 bits per heavy atom. The maximum Gasteiger partial charge on any atom is 0.140 e.